The summed E-state index contributed by atoms with van der Waals surface area (Å²) in [6, 6.07) is 18.6. The molecule has 3 unspecified atom stereocenters. The fourth-order valence-corrected chi connectivity index (χ4v) is 5.16. The molecule has 0 bridgehead atoms. The van der Waals surface area contributed by atoms with Crippen LogP contribution in [0.5, 0.6) is 5.75 Å². The molecule has 1 aliphatic carbocycles. The van der Waals surface area contributed by atoms with Gasteiger partial charge in [0.15, 0.2) is 0 Å². The first-order valence-corrected chi connectivity index (χ1v) is 11.4. The maximum atomic E-state index is 12.8. The van der Waals surface area contributed by atoms with Gasteiger partial charge in [-0.2, -0.15) is 0 Å². The Hall–Kier alpha value is -2.33. The Morgan fingerprint density at radius 1 is 1.00 bits per heavy atom. The van der Waals surface area contributed by atoms with Gasteiger partial charge >= 0.3 is 0 Å². The van der Waals surface area contributed by atoms with Crippen molar-refractivity contribution >= 4 is 5.91 Å². The average Bonchev–Trinajstić information content (AvgIpc) is 2.81. The fourth-order valence-electron chi connectivity index (χ4n) is 5.16. The number of amides is 1. The number of benzene rings is 2. The van der Waals surface area contributed by atoms with Crippen LogP contribution >= 0.6 is 0 Å². The molecule has 1 N–H and O–H groups in total. The molecule has 30 heavy (non-hydrogen) atoms. The van der Waals surface area contributed by atoms with Gasteiger partial charge < -0.3 is 15.0 Å². The van der Waals surface area contributed by atoms with E-state index in [1.165, 1.54) is 44.2 Å². The van der Waals surface area contributed by atoms with Gasteiger partial charge in [-0.05, 0) is 73.9 Å². The van der Waals surface area contributed by atoms with Crippen molar-refractivity contribution in [1.82, 2.24) is 10.2 Å². The highest BCUT2D eigenvalue weighted by molar-refractivity contribution is 5.94. The smallest absolute Gasteiger partial charge is 0.251 e. The number of nitrogens with zero attached hydrogens (tertiary/aromatic N) is 1. The van der Waals surface area contributed by atoms with E-state index >= 15 is 0 Å². The molecule has 160 valence electrons. The molecule has 1 saturated heterocycles. The molecule has 1 heterocycles. The largest absolute Gasteiger partial charge is 0.497 e. The maximum absolute atomic E-state index is 12.8. The number of piperidine rings is 1. The van der Waals surface area contributed by atoms with Crippen LogP contribution in [0.4, 0.5) is 0 Å². The number of carbonyl (C=O) groups excluding carboxylic acids is 1. The van der Waals surface area contributed by atoms with Gasteiger partial charge in [0.1, 0.15) is 5.75 Å². The second kappa shape index (κ2) is 10.1. The van der Waals surface area contributed by atoms with Crippen molar-refractivity contribution < 1.29 is 9.53 Å². The monoisotopic (exact) mass is 406 g/mol. The van der Waals surface area contributed by atoms with Crippen LogP contribution in [0.15, 0.2) is 54.6 Å². The number of ether oxygens (including phenoxy) is 1. The molecule has 0 aromatic heterocycles. The topological polar surface area (TPSA) is 41.6 Å². The van der Waals surface area contributed by atoms with E-state index in [1.807, 2.05) is 24.3 Å². The Balaban J connectivity index is 1.36. The quantitative estimate of drug-likeness (QED) is 0.745. The van der Waals surface area contributed by atoms with Crippen molar-refractivity contribution in [2.75, 3.05) is 26.7 Å². The van der Waals surface area contributed by atoms with Crippen LogP contribution in [0.1, 0.15) is 60.4 Å². The van der Waals surface area contributed by atoms with E-state index in [1.54, 1.807) is 7.11 Å². The Labute approximate surface area is 180 Å². The number of methoxy groups -OCH3 is 1. The predicted octanol–water partition coefficient (Wildman–Crippen LogP) is 4.86. The van der Waals surface area contributed by atoms with Gasteiger partial charge in [-0.15, -0.1) is 0 Å². The Morgan fingerprint density at radius 2 is 1.77 bits per heavy atom. The standard InChI is InChI=1S/C26H34N2O2/c1-30-24-15-13-21(14-16-24)26(29)27-25-12-6-5-10-23(25)19-28-17-7-11-22(18-28)20-8-3-2-4-9-20/h2-4,8-9,13-16,22-23,25H,5-7,10-12,17-19H2,1H3,(H,27,29). The minimum atomic E-state index is 0.0374. The van der Waals surface area contributed by atoms with Crippen molar-refractivity contribution in [2.45, 2.75) is 50.5 Å². The zero-order valence-corrected chi connectivity index (χ0v) is 18.1. The van der Waals surface area contributed by atoms with Crippen LogP contribution in [0.2, 0.25) is 0 Å². The summed E-state index contributed by atoms with van der Waals surface area (Å²) in [7, 11) is 1.64. The lowest BCUT2D eigenvalue weighted by atomic mass is 9.83. The average molecular weight is 407 g/mol. The third kappa shape index (κ3) is 5.23. The molecular weight excluding hydrogens is 372 g/mol. The Morgan fingerprint density at radius 3 is 2.53 bits per heavy atom. The lowest BCUT2D eigenvalue weighted by Gasteiger charge is -2.39. The maximum Gasteiger partial charge on any atom is 0.251 e. The molecule has 2 fully saturated rings. The molecule has 0 spiro atoms. The number of nitrogens with one attached hydrogen (secondary N) is 1. The fraction of sp³-hybridized carbons (Fsp3) is 0.500. The molecule has 2 aromatic rings. The van der Waals surface area contributed by atoms with Gasteiger partial charge in [0.25, 0.3) is 5.91 Å². The van der Waals surface area contributed by atoms with Crippen LogP contribution in [0, 0.1) is 5.92 Å². The number of likely N-dealkylation sites (tertiary alicyclic amines) is 1. The number of rotatable bonds is 6. The lowest BCUT2D eigenvalue weighted by molar-refractivity contribution is 0.0872. The van der Waals surface area contributed by atoms with Gasteiger partial charge in [-0.25, -0.2) is 0 Å². The number of hydrogen-bond acceptors (Lipinski definition) is 3. The number of carbonyl (C=O) groups is 1. The van der Waals surface area contributed by atoms with Gasteiger partial charge in [0.05, 0.1) is 7.11 Å². The second-order valence-electron chi connectivity index (χ2n) is 8.86. The first kappa shape index (κ1) is 20.9. The minimum absolute atomic E-state index is 0.0374. The Kier molecular flexibility index (Phi) is 7.06. The van der Waals surface area contributed by atoms with Gasteiger partial charge in [0.2, 0.25) is 0 Å². The van der Waals surface area contributed by atoms with Crippen molar-refractivity contribution in [3.05, 3.63) is 65.7 Å². The van der Waals surface area contributed by atoms with Crippen molar-refractivity contribution in [2.24, 2.45) is 5.92 Å². The first-order chi connectivity index (χ1) is 14.7. The molecule has 0 radical (unpaired) electrons. The molecule has 4 heteroatoms. The highest BCUT2D eigenvalue weighted by Crippen LogP contribution is 2.30. The van der Waals surface area contributed by atoms with Crippen molar-refractivity contribution in [1.29, 1.82) is 0 Å². The van der Waals surface area contributed by atoms with Gasteiger partial charge in [-0.1, -0.05) is 43.2 Å². The lowest BCUT2D eigenvalue weighted by Crippen LogP contribution is -2.48. The van der Waals surface area contributed by atoms with Gasteiger partial charge in [-0.3, -0.25) is 4.79 Å². The van der Waals surface area contributed by atoms with E-state index in [-0.39, 0.29) is 11.9 Å². The summed E-state index contributed by atoms with van der Waals surface area (Å²) in [6.07, 6.45) is 7.31. The third-order valence-corrected chi connectivity index (χ3v) is 6.85. The molecule has 2 aliphatic rings. The molecule has 4 nitrogen and oxygen atoms in total. The van der Waals surface area contributed by atoms with Crippen LogP contribution < -0.4 is 10.1 Å². The minimum Gasteiger partial charge on any atom is -0.497 e. The molecule has 1 amide bonds. The van der Waals surface area contributed by atoms with Crippen LogP contribution in [-0.2, 0) is 0 Å². The molecule has 4 rings (SSSR count). The molecule has 3 atom stereocenters. The predicted molar refractivity (Wildman–Crippen MR) is 121 cm³/mol. The number of hydrogen-bond donors (Lipinski definition) is 1. The van der Waals surface area contributed by atoms with E-state index in [0.717, 1.165) is 25.3 Å². The summed E-state index contributed by atoms with van der Waals surface area (Å²) in [5, 5.41) is 3.35. The molecule has 1 saturated carbocycles. The van der Waals surface area contributed by atoms with Crippen molar-refractivity contribution in [3.8, 4) is 5.75 Å². The van der Waals surface area contributed by atoms with Crippen LogP contribution in [-0.4, -0.2) is 43.6 Å². The highest BCUT2D eigenvalue weighted by Gasteiger charge is 2.30. The summed E-state index contributed by atoms with van der Waals surface area (Å²) in [6.45, 7) is 3.41. The first-order valence-electron chi connectivity index (χ1n) is 11.4. The summed E-state index contributed by atoms with van der Waals surface area (Å²) in [5.41, 5.74) is 2.18. The van der Waals surface area contributed by atoms with E-state index in [2.05, 4.69) is 40.5 Å². The van der Waals surface area contributed by atoms with Crippen LogP contribution in [0.3, 0.4) is 0 Å². The van der Waals surface area contributed by atoms with E-state index in [0.29, 0.717) is 17.4 Å². The van der Waals surface area contributed by atoms with Gasteiger partial charge in [0, 0.05) is 24.7 Å². The molecule has 2 aromatic carbocycles. The Bertz CT molecular complexity index is 806. The van der Waals surface area contributed by atoms with Crippen LogP contribution in [0.25, 0.3) is 0 Å². The summed E-state index contributed by atoms with van der Waals surface area (Å²) in [5.74, 6) is 1.99. The molecule has 1 aliphatic heterocycles. The molecular formula is C26H34N2O2. The highest BCUT2D eigenvalue weighted by atomic mass is 16.5. The van der Waals surface area contributed by atoms with E-state index in [4.69, 9.17) is 4.74 Å². The summed E-state index contributed by atoms with van der Waals surface area (Å²) >= 11 is 0. The zero-order chi connectivity index (χ0) is 20.8. The third-order valence-electron chi connectivity index (χ3n) is 6.85. The normalized spacial score (nSPS) is 24.9. The zero-order valence-electron chi connectivity index (χ0n) is 18.1. The van der Waals surface area contributed by atoms with E-state index < -0.39 is 0 Å². The summed E-state index contributed by atoms with van der Waals surface area (Å²) in [4.78, 5) is 15.5. The SMILES string of the molecule is COc1ccc(C(=O)NC2CCCCC2CN2CCCC(c3ccccc3)C2)cc1. The second-order valence-corrected chi connectivity index (χ2v) is 8.86. The van der Waals surface area contributed by atoms with E-state index in [9.17, 15) is 4.79 Å². The van der Waals surface area contributed by atoms with Crippen molar-refractivity contribution in [3.63, 3.8) is 0 Å². The summed E-state index contributed by atoms with van der Waals surface area (Å²) < 4.78 is 5.20.